The number of rotatable bonds is 8. The van der Waals surface area contributed by atoms with Crippen molar-refractivity contribution in [2.45, 2.75) is 57.2 Å². The van der Waals surface area contributed by atoms with E-state index in [1.807, 2.05) is 13.1 Å². The fraction of sp³-hybridized carbons (Fsp3) is 0.542. The summed E-state index contributed by atoms with van der Waals surface area (Å²) in [6, 6.07) is 3.83. The summed E-state index contributed by atoms with van der Waals surface area (Å²) in [5.41, 5.74) is 2.12. The number of nitrogens with one attached hydrogen (secondary N) is 2. The Hall–Kier alpha value is -3.65. The number of carbonyl (C=O) groups is 1. The predicted molar refractivity (Wildman–Crippen MR) is 130 cm³/mol. The minimum absolute atomic E-state index is 0.345. The summed E-state index contributed by atoms with van der Waals surface area (Å²) in [4.78, 5) is 24.7. The molecular formula is C24H31N9O2. The van der Waals surface area contributed by atoms with Gasteiger partial charge in [0, 0.05) is 37.9 Å². The molecule has 11 nitrogen and oxygen atoms in total. The topological polar surface area (TPSA) is 124 Å². The van der Waals surface area contributed by atoms with E-state index in [0.29, 0.717) is 61.5 Å². The van der Waals surface area contributed by atoms with E-state index in [-0.39, 0.29) is 6.09 Å². The van der Waals surface area contributed by atoms with E-state index in [9.17, 15) is 10.1 Å². The summed E-state index contributed by atoms with van der Waals surface area (Å²) in [5, 5.41) is 20.7. The van der Waals surface area contributed by atoms with Crippen molar-refractivity contribution in [3.8, 4) is 6.07 Å². The van der Waals surface area contributed by atoms with Crippen molar-refractivity contribution in [2.24, 2.45) is 0 Å². The molecule has 2 bridgehead atoms. The molecule has 0 spiro atoms. The normalized spacial score (nSPS) is 23.7. The molecule has 1 amide bonds. The number of cyclic esters (lactones) is 1. The maximum Gasteiger partial charge on any atom is 0.414 e. The molecular weight excluding hydrogens is 446 g/mol. The van der Waals surface area contributed by atoms with Gasteiger partial charge in [-0.05, 0) is 52.2 Å². The zero-order valence-corrected chi connectivity index (χ0v) is 20.1. The van der Waals surface area contributed by atoms with Gasteiger partial charge in [-0.3, -0.25) is 4.68 Å². The zero-order valence-electron chi connectivity index (χ0n) is 20.1. The standard InChI is InChI=1S/C24H31N9O2/c1-16-21(15-33(30-16)20-11-18-5-6-19(12-20)31(18)2)28-23-27-14-17(13-25)22(29-23)26-7-3-8-32-9-4-10-35-24(32)34/h4,10,14-15,18-20H,3,5-9,11-12H2,1-2H3,(H2,26,27,28,29). The Morgan fingerprint density at radius 1 is 1.26 bits per heavy atom. The number of piperidine rings is 1. The van der Waals surface area contributed by atoms with Crippen molar-refractivity contribution in [1.29, 1.82) is 5.26 Å². The van der Waals surface area contributed by atoms with Crippen LogP contribution < -0.4 is 10.6 Å². The molecule has 35 heavy (non-hydrogen) atoms. The number of aromatic nitrogens is 4. The highest BCUT2D eigenvalue weighted by Gasteiger charge is 2.39. The summed E-state index contributed by atoms with van der Waals surface area (Å²) in [7, 11) is 2.24. The highest BCUT2D eigenvalue weighted by Crippen LogP contribution is 2.40. The molecule has 0 aliphatic carbocycles. The Morgan fingerprint density at radius 3 is 2.80 bits per heavy atom. The summed E-state index contributed by atoms with van der Waals surface area (Å²) in [5.74, 6) is 0.866. The molecule has 11 heteroatoms. The first kappa shape index (κ1) is 23.1. The molecule has 5 rings (SSSR count). The van der Waals surface area contributed by atoms with Gasteiger partial charge in [-0.25, -0.2) is 9.78 Å². The number of nitrogens with zero attached hydrogens (tertiary/aromatic N) is 7. The second kappa shape index (κ2) is 9.92. The Balaban J connectivity index is 1.21. The van der Waals surface area contributed by atoms with Gasteiger partial charge in [-0.2, -0.15) is 15.3 Å². The third-order valence-electron chi connectivity index (χ3n) is 7.27. The van der Waals surface area contributed by atoms with Crippen molar-refractivity contribution in [2.75, 3.05) is 37.3 Å². The SMILES string of the molecule is Cc1nn(C2CC3CCC(C2)N3C)cc1Nc1ncc(C#N)c(NCCCN2CC=COC2=O)n1. The van der Waals surface area contributed by atoms with Crippen LogP contribution in [0.5, 0.6) is 0 Å². The summed E-state index contributed by atoms with van der Waals surface area (Å²) in [6.45, 7) is 3.61. The number of hydrogen-bond donors (Lipinski definition) is 2. The van der Waals surface area contributed by atoms with E-state index in [0.717, 1.165) is 24.2 Å². The average molecular weight is 478 g/mol. The number of carbonyl (C=O) groups excluding carboxylic acids is 1. The van der Waals surface area contributed by atoms with Crippen LogP contribution in [0.25, 0.3) is 0 Å². The second-order valence-corrected chi connectivity index (χ2v) is 9.46. The number of hydrogen-bond acceptors (Lipinski definition) is 9. The first-order chi connectivity index (χ1) is 17.0. The lowest BCUT2D eigenvalue weighted by Crippen LogP contribution is -2.40. The van der Waals surface area contributed by atoms with Crippen LogP contribution in [-0.2, 0) is 4.74 Å². The van der Waals surface area contributed by atoms with E-state index in [1.54, 1.807) is 11.0 Å². The lowest BCUT2D eigenvalue weighted by atomic mass is 9.98. The first-order valence-corrected chi connectivity index (χ1v) is 12.2. The Bertz CT molecular complexity index is 1140. The van der Waals surface area contributed by atoms with Crippen molar-refractivity contribution in [1.82, 2.24) is 29.5 Å². The summed E-state index contributed by atoms with van der Waals surface area (Å²) >= 11 is 0. The van der Waals surface area contributed by atoms with Gasteiger partial charge in [0.25, 0.3) is 0 Å². The van der Waals surface area contributed by atoms with E-state index < -0.39 is 0 Å². The van der Waals surface area contributed by atoms with Gasteiger partial charge in [-0.1, -0.05) is 0 Å². The zero-order chi connectivity index (χ0) is 24.4. The number of aryl methyl sites for hydroxylation is 1. The van der Waals surface area contributed by atoms with E-state index >= 15 is 0 Å². The molecule has 2 aromatic rings. The highest BCUT2D eigenvalue weighted by atomic mass is 16.5. The molecule has 2 saturated heterocycles. The maximum absolute atomic E-state index is 11.7. The van der Waals surface area contributed by atoms with E-state index in [1.165, 1.54) is 25.3 Å². The smallest absolute Gasteiger partial charge is 0.414 e. The minimum atomic E-state index is -0.345. The maximum atomic E-state index is 11.7. The Labute approximate surface area is 204 Å². The lowest BCUT2D eigenvalue weighted by molar-refractivity contribution is 0.131. The molecule has 3 aliphatic rings. The number of ether oxygens (including phenoxy) is 1. The molecule has 5 heterocycles. The molecule has 2 aromatic heterocycles. The van der Waals surface area contributed by atoms with Gasteiger partial charge in [-0.15, -0.1) is 0 Å². The highest BCUT2D eigenvalue weighted by molar-refractivity contribution is 5.69. The largest absolute Gasteiger partial charge is 0.418 e. The second-order valence-electron chi connectivity index (χ2n) is 9.46. The van der Waals surface area contributed by atoms with Gasteiger partial charge in [0.15, 0.2) is 0 Å². The molecule has 2 unspecified atom stereocenters. The van der Waals surface area contributed by atoms with E-state index in [2.05, 4.69) is 43.3 Å². The van der Waals surface area contributed by atoms with Gasteiger partial charge in [0.1, 0.15) is 17.5 Å². The summed E-state index contributed by atoms with van der Waals surface area (Å²) < 4.78 is 6.98. The van der Waals surface area contributed by atoms with Crippen LogP contribution in [0.4, 0.5) is 22.2 Å². The lowest BCUT2D eigenvalue weighted by Gasteiger charge is -2.36. The van der Waals surface area contributed by atoms with Gasteiger partial charge < -0.3 is 25.2 Å². The number of fused-ring (bicyclic) bond motifs is 2. The van der Waals surface area contributed by atoms with Gasteiger partial charge in [0.05, 0.1) is 29.9 Å². The van der Waals surface area contributed by atoms with Crippen LogP contribution in [0, 0.1) is 18.3 Å². The van der Waals surface area contributed by atoms with Crippen LogP contribution in [0.15, 0.2) is 24.7 Å². The van der Waals surface area contributed by atoms with Crippen molar-refractivity contribution >= 4 is 23.5 Å². The molecule has 2 N–H and O–H groups in total. The molecule has 0 radical (unpaired) electrons. The molecule has 184 valence electrons. The fourth-order valence-electron chi connectivity index (χ4n) is 5.25. The monoisotopic (exact) mass is 477 g/mol. The molecule has 2 fully saturated rings. The molecule has 0 saturated carbocycles. The van der Waals surface area contributed by atoms with Crippen molar-refractivity contribution < 1.29 is 9.53 Å². The van der Waals surface area contributed by atoms with Crippen LogP contribution in [0.3, 0.4) is 0 Å². The third kappa shape index (κ3) is 4.93. The number of anilines is 3. The minimum Gasteiger partial charge on any atom is -0.418 e. The Morgan fingerprint density at radius 2 is 2.06 bits per heavy atom. The van der Waals surface area contributed by atoms with Gasteiger partial charge in [0.2, 0.25) is 5.95 Å². The van der Waals surface area contributed by atoms with Crippen LogP contribution >= 0.6 is 0 Å². The van der Waals surface area contributed by atoms with E-state index in [4.69, 9.17) is 9.84 Å². The van der Waals surface area contributed by atoms with Crippen LogP contribution in [-0.4, -0.2) is 74.4 Å². The van der Waals surface area contributed by atoms with Crippen LogP contribution in [0.1, 0.15) is 49.4 Å². The number of amides is 1. The van der Waals surface area contributed by atoms with Crippen LogP contribution in [0.2, 0.25) is 0 Å². The third-order valence-corrected chi connectivity index (χ3v) is 7.27. The fourth-order valence-corrected chi connectivity index (χ4v) is 5.25. The number of nitriles is 1. The van der Waals surface area contributed by atoms with Gasteiger partial charge >= 0.3 is 6.09 Å². The molecule has 2 atom stereocenters. The summed E-state index contributed by atoms with van der Waals surface area (Å²) in [6.07, 6.45) is 11.9. The van der Waals surface area contributed by atoms with Crippen molar-refractivity contribution in [3.63, 3.8) is 0 Å². The Kier molecular flexibility index (Phi) is 6.55. The first-order valence-electron chi connectivity index (χ1n) is 12.2. The molecule has 3 aliphatic heterocycles. The average Bonchev–Trinajstić information content (AvgIpc) is 3.29. The predicted octanol–water partition coefficient (Wildman–Crippen LogP) is 3.16. The molecule has 0 aromatic carbocycles. The quantitative estimate of drug-likeness (QED) is 0.552. The van der Waals surface area contributed by atoms with Crippen molar-refractivity contribution in [3.05, 3.63) is 36.0 Å².